The number of amides is 1. The Hall–Kier alpha value is -3.54. The van der Waals surface area contributed by atoms with Crippen molar-refractivity contribution in [2.75, 3.05) is 43.1 Å². The van der Waals surface area contributed by atoms with Crippen molar-refractivity contribution in [2.45, 2.75) is 38.2 Å². The number of rotatable bonds is 7. The van der Waals surface area contributed by atoms with Crippen LogP contribution in [0.4, 0.5) is 25.3 Å². The Morgan fingerprint density at radius 3 is 2.53 bits per heavy atom. The van der Waals surface area contributed by atoms with Crippen LogP contribution in [0.25, 0.3) is 16.9 Å². The number of halogens is 2. The summed E-state index contributed by atoms with van der Waals surface area (Å²) in [6.07, 6.45) is -0.474. The minimum atomic E-state index is -2.77. The molecule has 3 aromatic rings. The second-order valence-electron chi connectivity index (χ2n) is 9.15. The zero-order valence-electron chi connectivity index (χ0n) is 19.7. The number of carbonyl (C=O) groups is 1. The Morgan fingerprint density at radius 2 is 1.81 bits per heavy atom. The third-order valence-electron chi connectivity index (χ3n) is 6.77. The molecule has 2 aromatic heterocycles. The molecule has 1 saturated carbocycles. The van der Waals surface area contributed by atoms with Crippen molar-refractivity contribution in [3.63, 3.8) is 0 Å². The Kier molecular flexibility index (Phi) is 7.12. The molecule has 2 aliphatic rings. The molecule has 12 heteroatoms. The van der Waals surface area contributed by atoms with E-state index in [1.165, 1.54) is 4.57 Å². The number of morpholine rings is 1. The van der Waals surface area contributed by atoms with Crippen molar-refractivity contribution < 1.29 is 23.4 Å². The average Bonchev–Trinajstić information content (AvgIpc) is 3.29. The van der Waals surface area contributed by atoms with Crippen LogP contribution in [0.2, 0.25) is 0 Å². The van der Waals surface area contributed by atoms with E-state index in [1.807, 2.05) is 0 Å². The molecular weight excluding hydrogens is 472 g/mol. The molecular formula is C24H29F2N7O3. The summed E-state index contributed by atoms with van der Waals surface area (Å²) in [6, 6.07) is 8.71. The van der Waals surface area contributed by atoms with Crippen molar-refractivity contribution in [3.8, 4) is 5.82 Å². The maximum absolute atomic E-state index is 14.0. The summed E-state index contributed by atoms with van der Waals surface area (Å²) >= 11 is 0. The first-order chi connectivity index (χ1) is 17.5. The van der Waals surface area contributed by atoms with E-state index in [-0.39, 0.29) is 11.9 Å². The summed E-state index contributed by atoms with van der Waals surface area (Å²) in [5.41, 5.74) is 1.02. The van der Waals surface area contributed by atoms with Crippen molar-refractivity contribution in [1.82, 2.24) is 24.8 Å². The number of benzene rings is 1. The first-order valence-electron chi connectivity index (χ1n) is 12.2. The minimum absolute atomic E-state index is 0.0199. The van der Waals surface area contributed by atoms with Crippen LogP contribution < -0.4 is 15.5 Å². The molecule has 0 spiro atoms. The Morgan fingerprint density at radius 1 is 1.08 bits per heavy atom. The molecule has 3 N–H and O–H groups in total. The molecule has 10 nitrogen and oxygen atoms in total. The van der Waals surface area contributed by atoms with Gasteiger partial charge in [0.1, 0.15) is 11.6 Å². The average molecular weight is 502 g/mol. The van der Waals surface area contributed by atoms with Crippen LogP contribution in [-0.4, -0.2) is 69.6 Å². The zero-order chi connectivity index (χ0) is 25.1. The Bertz CT molecular complexity index is 1210. The van der Waals surface area contributed by atoms with Crippen LogP contribution in [-0.2, 0) is 4.74 Å². The van der Waals surface area contributed by atoms with E-state index >= 15 is 0 Å². The predicted molar refractivity (Wildman–Crippen MR) is 130 cm³/mol. The van der Waals surface area contributed by atoms with Gasteiger partial charge in [-0.2, -0.15) is 9.97 Å². The summed E-state index contributed by atoms with van der Waals surface area (Å²) in [7, 11) is 0. The summed E-state index contributed by atoms with van der Waals surface area (Å²) in [4.78, 5) is 26.4. The molecule has 192 valence electrons. The smallest absolute Gasteiger partial charge is 0.404 e. The molecule has 1 aliphatic carbocycles. The number of para-hydroxylation sites is 2. The topological polar surface area (TPSA) is 117 Å². The quantitative estimate of drug-likeness (QED) is 0.447. The van der Waals surface area contributed by atoms with E-state index in [4.69, 9.17) is 14.8 Å². The van der Waals surface area contributed by atoms with E-state index in [1.54, 1.807) is 30.3 Å². The minimum Gasteiger partial charge on any atom is -0.465 e. The van der Waals surface area contributed by atoms with Crippen molar-refractivity contribution in [3.05, 3.63) is 36.2 Å². The van der Waals surface area contributed by atoms with Crippen LogP contribution in [0.3, 0.4) is 0 Å². The third-order valence-corrected chi connectivity index (χ3v) is 6.77. The van der Waals surface area contributed by atoms with Crippen LogP contribution in [0.5, 0.6) is 0 Å². The number of fused-ring (bicyclic) bond motifs is 1. The van der Waals surface area contributed by atoms with Crippen LogP contribution in [0, 0.1) is 5.92 Å². The number of alkyl halides is 2. The first kappa shape index (κ1) is 24.2. The van der Waals surface area contributed by atoms with E-state index in [0.717, 1.165) is 25.7 Å². The standard InChI is InChI=1S/C24H29F2N7O3/c25-21(26)22-29-17-3-1-2-4-18(17)33(22)20-13-19(32-9-11-36-12-10-32)30-23(31-20)27-14-15-5-7-16(8-6-15)28-24(34)35/h1-4,13,15-16,21,28H,5-12,14H2,(H,34,35)(H,27,30,31). The Balaban J connectivity index is 1.43. The number of hydrogen-bond acceptors (Lipinski definition) is 7. The van der Waals surface area contributed by atoms with Crippen molar-refractivity contribution in [2.24, 2.45) is 5.92 Å². The number of hydrogen-bond donors (Lipinski definition) is 3. The lowest BCUT2D eigenvalue weighted by Gasteiger charge is -2.29. The van der Waals surface area contributed by atoms with E-state index < -0.39 is 12.5 Å². The fourth-order valence-corrected chi connectivity index (χ4v) is 4.92. The highest BCUT2D eigenvalue weighted by Crippen LogP contribution is 2.30. The van der Waals surface area contributed by atoms with Crippen LogP contribution >= 0.6 is 0 Å². The van der Waals surface area contributed by atoms with Gasteiger partial charge in [-0.05, 0) is 43.7 Å². The monoisotopic (exact) mass is 501 g/mol. The highest BCUT2D eigenvalue weighted by atomic mass is 19.3. The predicted octanol–water partition coefficient (Wildman–Crippen LogP) is 3.83. The lowest BCUT2D eigenvalue weighted by Crippen LogP contribution is -2.38. The molecule has 2 fully saturated rings. The number of carboxylic acid groups (broad SMARTS) is 1. The maximum atomic E-state index is 14.0. The fourth-order valence-electron chi connectivity index (χ4n) is 4.92. The van der Waals surface area contributed by atoms with Gasteiger partial charge < -0.3 is 25.4 Å². The second-order valence-corrected chi connectivity index (χ2v) is 9.15. The molecule has 3 heterocycles. The van der Waals surface area contributed by atoms with Gasteiger partial charge in [0.05, 0.1) is 24.2 Å². The molecule has 1 saturated heterocycles. The van der Waals surface area contributed by atoms with E-state index in [9.17, 15) is 13.6 Å². The fraction of sp³-hybridized carbons (Fsp3) is 0.500. The first-order valence-corrected chi connectivity index (χ1v) is 12.2. The van der Waals surface area contributed by atoms with E-state index in [2.05, 4.69) is 25.5 Å². The maximum Gasteiger partial charge on any atom is 0.404 e. The highest BCUT2D eigenvalue weighted by Gasteiger charge is 2.25. The van der Waals surface area contributed by atoms with Gasteiger partial charge in [0.15, 0.2) is 5.82 Å². The van der Waals surface area contributed by atoms with Crippen molar-refractivity contribution >= 4 is 28.9 Å². The molecule has 0 radical (unpaired) electrons. The SMILES string of the molecule is O=C(O)NC1CCC(CNc2nc(N3CCOCC3)cc(-n3c(C(F)F)nc4ccccc43)n2)CC1. The number of anilines is 2. The molecule has 1 aromatic carbocycles. The lowest BCUT2D eigenvalue weighted by atomic mass is 9.86. The van der Waals surface area contributed by atoms with Gasteiger partial charge in [-0.25, -0.2) is 18.6 Å². The number of nitrogens with one attached hydrogen (secondary N) is 2. The normalized spacial score (nSPS) is 20.6. The summed E-state index contributed by atoms with van der Waals surface area (Å²) in [5, 5.41) is 14.8. The number of ether oxygens (including phenoxy) is 1. The Labute approximate surface area is 206 Å². The summed E-state index contributed by atoms with van der Waals surface area (Å²) in [5.74, 6) is 1.29. The van der Waals surface area contributed by atoms with Crippen LogP contribution in [0.1, 0.15) is 37.9 Å². The van der Waals surface area contributed by atoms with Gasteiger partial charge in [0.2, 0.25) is 5.95 Å². The van der Waals surface area contributed by atoms with Gasteiger partial charge in [0, 0.05) is 31.7 Å². The lowest BCUT2D eigenvalue weighted by molar-refractivity contribution is 0.122. The van der Waals surface area contributed by atoms with Gasteiger partial charge in [-0.1, -0.05) is 12.1 Å². The molecule has 1 amide bonds. The van der Waals surface area contributed by atoms with Gasteiger partial charge in [0.25, 0.3) is 6.43 Å². The summed E-state index contributed by atoms with van der Waals surface area (Å²) in [6.45, 7) is 3.02. The molecule has 1 aliphatic heterocycles. The molecule has 0 unspecified atom stereocenters. The zero-order valence-corrected chi connectivity index (χ0v) is 19.7. The van der Waals surface area contributed by atoms with Gasteiger partial charge in [-0.15, -0.1) is 0 Å². The molecule has 36 heavy (non-hydrogen) atoms. The second kappa shape index (κ2) is 10.6. The largest absolute Gasteiger partial charge is 0.465 e. The number of aromatic nitrogens is 4. The van der Waals surface area contributed by atoms with E-state index in [0.29, 0.717) is 67.4 Å². The van der Waals surface area contributed by atoms with Gasteiger partial charge in [-0.3, -0.25) is 4.57 Å². The number of nitrogens with zero attached hydrogens (tertiary/aromatic N) is 5. The van der Waals surface area contributed by atoms with Gasteiger partial charge >= 0.3 is 6.09 Å². The molecule has 5 rings (SSSR count). The molecule has 0 atom stereocenters. The van der Waals surface area contributed by atoms with Crippen LogP contribution in [0.15, 0.2) is 30.3 Å². The van der Waals surface area contributed by atoms with Crippen molar-refractivity contribution in [1.29, 1.82) is 0 Å². The molecule has 0 bridgehead atoms. The highest BCUT2D eigenvalue weighted by molar-refractivity contribution is 5.78. The third kappa shape index (κ3) is 5.32. The number of imidazole rings is 1. The summed E-state index contributed by atoms with van der Waals surface area (Å²) < 4.78 is 34.9.